The number of aromatic nitrogens is 3. The summed E-state index contributed by atoms with van der Waals surface area (Å²) in [6.45, 7) is 1.34. The summed E-state index contributed by atoms with van der Waals surface area (Å²) >= 11 is 0. The summed E-state index contributed by atoms with van der Waals surface area (Å²) in [4.78, 5) is 19.8. The number of methoxy groups -OCH3 is 1. The number of carbonyl (C=O) groups excluding carboxylic acids is 1. The van der Waals surface area contributed by atoms with Gasteiger partial charge in [0.25, 0.3) is 5.91 Å². The highest BCUT2D eigenvalue weighted by atomic mass is 16.5. The molecule has 3 heterocycles. The number of piperidine rings is 1. The average Bonchev–Trinajstić information content (AvgIpc) is 3.44. The minimum atomic E-state index is -0.105. The Morgan fingerprint density at radius 2 is 1.97 bits per heavy atom. The Labute approximate surface area is 180 Å². The molecule has 1 unspecified atom stereocenters. The van der Waals surface area contributed by atoms with Crippen molar-refractivity contribution >= 4 is 16.9 Å². The van der Waals surface area contributed by atoms with Crippen LogP contribution in [0.5, 0.6) is 5.75 Å². The lowest BCUT2D eigenvalue weighted by atomic mass is 9.97. The number of rotatable bonds is 4. The van der Waals surface area contributed by atoms with Crippen LogP contribution in [0.25, 0.3) is 22.4 Å². The number of fused-ring (bicyclic) bond motifs is 1. The van der Waals surface area contributed by atoms with Crippen LogP contribution < -0.4 is 4.74 Å². The van der Waals surface area contributed by atoms with Crippen LogP contribution in [0.15, 0.2) is 59.1 Å². The van der Waals surface area contributed by atoms with E-state index >= 15 is 0 Å². The molecule has 0 N–H and O–H groups in total. The number of carbonyl (C=O) groups is 1. The Hall–Kier alpha value is -3.61. The van der Waals surface area contributed by atoms with Crippen LogP contribution >= 0.6 is 0 Å². The van der Waals surface area contributed by atoms with Crippen LogP contribution in [0.2, 0.25) is 0 Å². The molecule has 0 bridgehead atoms. The van der Waals surface area contributed by atoms with E-state index in [4.69, 9.17) is 14.2 Å². The highest BCUT2D eigenvalue weighted by molar-refractivity contribution is 5.93. The normalized spacial score (nSPS) is 16.6. The van der Waals surface area contributed by atoms with Gasteiger partial charge in [-0.05, 0) is 49.2 Å². The first-order valence-corrected chi connectivity index (χ1v) is 10.5. The van der Waals surface area contributed by atoms with Crippen molar-refractivity contribution < 1.29 is 14.1 Å². The van der Waals surface area contributed by atoms with Gasteiger partial charge in [0.05, 0.1) is 18.1 Å². The number of aryl methyl sites for hydroxylation is 1. The average molecular weight is 416 g/mol. The van der Waals surface area contributed by atoms with E-state index < -0.39 is 0 Å². The lowest BCUT2D eigenvalue weighted by Crippen LogP contribution is -2.39. The summed E-state index contributed by atoms with van der Waals surface area (Å²) in [5.41, 5.74) is 3.28. The molecule has 0 radical (unpaired) electrons. The topological polar surface area (TPSA) is 73.4 Å². The van der Waals surface area contributed by atoms with E-state index in [9.17, 15) is 4.79 Å². The number of imidazole rings is 1. The van der Waals surface area contributed by atoms with Crippen molar-refractivity contribution in [1.29, 1.82) is 0 Å². The van der Waals surface area contributed by atoms with E-state index in [0.29, 0.717) is 24.5 Å². The van der Waals surface area contributed by atoms with Crippen LogP contribution in [-0.2, 0) is 7.05 Å². The number of hydrogen-bond donors (Lipinski definition) is 0. The predicted octanol–water partition coefficient (Wildman–Crippen LogP) is 4.26. The van der Waals surface area contributed by atoms with Crippen molar-refractivity contribution in [3.05, 3.63) is 66.1 Å². The van der Waals surface area contributed by atoms with Crippen molar-refractivity contribution in [2.75, 3.05) is 20.2 Å². The minimum Gasteiger partial charge on any atom is -0.497 e. The van der Waals surface area contributed by atoms with Crippen LogP contribution in [0.1, 0.15) is 35.1 Å². The molecule has 7 nitrogen and oxygen atoms in total. The van der Waals surface area contributed by atoms with Crippen LogP contribution in [0.4, 0.5) is 0 Å². The smallest absolute Gasteiger partial charge is 0.276 e. The third-order valence-corrected chi connectivity index (χ3v) is 6.00. The molecule has 1 fully saturated rings. The van der Waals surface area contributed by atoms with Gasteiger partial charge in [-0.1, -0.05) is 17.3 Å². The van der Waals surface area contributed by atoms with Crippen LogP contribution in [-0.4, -0.2) is 45.7 Å². The summed E-state index contributed by atoms with van der Waals surface area (Å²) < 4.78 is 12.8. The molecule has 4 aromatic rings. The van der Waals surface area contributed by atoms with Crippen LogP contribution in [0, 0.1) is 0 Å². The van der Waals surface area contributed by atoms with Crippen molar-refractivity contribution in [3.63, 3.8) is 0 Å². The zero-order valence-corrected chi connectivity index (χ0v) is 17.6. The number of para-hydroxylation sites is 2. The lowest BCUT2D eigenvalue weighted by molar-refractivity contribution is 0.0693. The van der Waals surface area contributed by atoms with E-state index in [2.05, 4.69) is 15.8 Å². The SMILES string of the molecule is COc1ccc(-c2cc(C(=O)N3CCCC(c4nc5ccccc5n4C)C3)no2)cc1. The van der Waals surface area contributed by atoms with Crippen molar-refractivity contribution in [2.24, 2.45) is 7.05 Å². The molecule has 158 valence electrons. The maximum atomic E-state index is 13.1. The zero-order chi connectivity index (χ0) is 21.4. The molecular formula is C24H24N4O3. The second-order valence-electron chi connectivity index (χ2n) is 7.91. The van der Waals surface area contributed by atoms with Crippen LogP contribution in [0.3, 0.4) is 0 Å². The van der Waals surface area contributed by atoms with E-state index in [1.807, 2.05) is 54.4 Å². The molecule has 31 heavy (non-hydrogen) atoms. The summed E-state index contributed by atoms with van der Waals surface area (Å²) in [5.74, 6) is 2.45. The number of nitrogens with zero attached hydrogens (tertiary/aromatic N) is 4. The van der Waals surface area contributed by atoms with Gasteiger partial charge in [-0.3, -0.25) is 4.79 Å². The molecule has 1 aliphatic rings. The summed E-state index contributed by atoms with van der Waals surface area (Å²) in [7, 11) is 3.67. The molecule has 1 aliphatic heterocycles. The minimum absolute atomic E-state index is 0.105. The van der Waals surface area contributed by atoms with Gasteiger partial charge in [0.2, 0.25) is 0 Å². The third kappa shape index (κ3) is 3.56. The Bertz CT molecular complexity index is 1230. The Morgan fingerprint density at radius 3 is 2.74 bits per heavy atom. The molecular weight excluding hydrogens is 392 g/mol. The van der Waals surface area contributed by atoms with Gasteiger partial charge in [0.15, 0.2) is 11.5 Å². The van der Waals surface area contributed by atoms with E-state index in [0.717, 1.165) is 41.0 Å². The molecule has 2 aromatic carbocycles. The number of ether oxygens (including phenoxy) is 1. The Morgan fingerprint density at radius 1 is 1.16 bits per heavy atom. The standard InChI is InChI=1S/C24H24N4O3/c1-27-21-8-4-3-7-19(21)25-23(27)17-6-5-13-28(15-17)24(29)20-14-22(31-26-20)16-9-11-18(30-2)12-10-16/h3-4,7-12,14,17H,5-6,13,15H2,1-2H3. The first-order chi connectivity index (χ1) is 15.1. The van der Waals surface area contributed by atoms with Gasteiger partial charge in [-0.25, -0.2) is 4.98 Å². The highest BCUT2D eigenvalue weighted by Crippen LogP contribution is 2.30. The molecule has 7 heteroatoms. The van der Waals surface area contributed by atoms with E-state index in [1.54, 1.807) is 13.2 Å². The van der Waals surface area contributed by atoms with Gasteiger partial charge < -0.3 is 18.7 Å². The molecule has 1 saturated heterocycles. The van der Waals surface area contributed by atoms with Gasteiger partial charge in [-0.15, -0.1) is 0 Å². The van der Waals surface area contributed by atoms with Crippen molar-refractivity contribution in [1.82, 2.24) is 19.6 Å². The molecule has 5 rings (SSSR count). The summed E-state index contributed by atoms with van der Waals surface area (Å²) in [6, 6.07) is 17.3. The fourth-order valence-electron chi connectivity index (χ4n) is 4.33. The fourth-order valence-corrected chi connectivity index (χ4v) is 4.33. The van der Waals surface area contributed by atoms with E-state index in [1.165, 1.54) is 0 Å². The number of likely N-dealkylation sites (tertiary alicyclic amines) is 1. The first-order valence-electron chi connectivity index (χ1n) is 10.5. The summed E-state index contributed by atoms with van der Waals surface area (Å²) in [6.07, 6.45) is 1.94. The number of benzene rings is 2. The monoisotopic (exact) mass is 416 g/mol. The molecule has 0 saturated carbocycles. The van der Waals surface area contributed by atoms with Gasteiger partial charge in [-0.2, -0.15) is 0 Å². The molecule has 0 aliphatic carbocycles. The molecule has 1 atom stereocenters. The zero-order valence-electron chi connectivity index (χ0n) is 17.6. The van der Waals surface area contributed by atoms with Crippen molar-refractivity contribution in [3.8, 4) is 17.1 Å². The largest absolute Gasteiger partial charge is 0.497 e. The molecule has 1 amide bonds. The summed E-state index contributed by atoms with van der Waals surface area (Å²) in [5, 5.41) is 4.04. The predicted molar refractivity (Wildman–Crippen MR) is 117 cm³/mol. The quantitative estimate of drug-likeness (QED) is 0.497. The van der Waals surface area contributed by atoms with Crippen molar-refractivity contribution in [2.45, 2.75) is 18.8 Å². The van der Waals surface area contributed by atoms with Gasteiger partial charge in [0, 0.05) is 37.7 Å². The number of amides is 1. The number of hydrogen-bond acceptors (Lipinski definition) is 5. The molecule has 0 spiro atoms. The van der Waals surface area contributed by atoms with Gasteiger partial charge in [0.1, 0.15) is 11.6 Å². The second kappa shape index (κ2) is 7.91. The Balaban J connectivity index is 1.35. The second-order valence-corrected chi connectivity index (χ2v) is 7.91. The van der Waals surface area contributed by atoms with E-state index in [-0.39, 0.29) is 11.8 Å². The first kappa shape index (κ1) is 19.4. The maximum Gasteiger partial charge on any atom is 0.276 e. The maximum absolute atomic E-state index is 13.1. The van der Waals surface area contributed by atoms with Gasteiger partial charge >= 0.3 is 0 Å². The fraction of sp³-hybridized carbons (Fsp3) is 0.292. The molecule has 2 aromatic heterocycles. The Kier molecular flexibility index (Phi) is 4.94. The lowest BCUT2D eigenvalue weighted by Gasteiger charge is -2.31. The highest BCUT2D eigenvalue weighted by Gasteiger charge is 2.30. The third-order valence-electron chi connectivity index (χ3n) is 6.00.